The van der Waals surface area contributed by atoms with Gasteiger partial charge in [0, 0.05) is 23.8 Å². The number of rotatable bonds is 3. The number of ether oxygens (including phenoxy) is 1. The van der Waals surface area contributed by atoms with E-state index in [0.717, 1.165) is 25.7 Å². The SMILES string of the molecule is C[C@@H]1CC[C@H]2[C@@H](C)C(=O)N(CC(=O)c3ccccc3)[C@@H]3O[C@]4(C)CCC[C@@H]1[C@@]23OO4. The number of nitrogens with zero attached hydrogens (tertiary/aromatic N) is 1. The molecule has 4 heterocycles. The first-order chi connectivity index (χ1) is 14.4. The van der Waals surface area contributed by atoms with E-state index in [1.807, 2.05) is 32.0 Å². The number of benzene rings is 1. The van der Waals surface area contributed by atoms with Crippen LogP contribution in [0.1, 0.15) is 63.2 Å². The molecular weight excluding hydrogens is 382 g/mol. The Hall–Kier alpha value is -1.76. The Morgan fingerprint density at radius 2 is 1.87 bits per heavy atom. The topological polar surface area (TPSA) is 65.1 Å². The number of hydrogen-bond acceptors (Lipinski definition) is 5. The summed E-state index contributed by atoms with van der Waals surface area (Å²) in [5.74, 6) is -0.536. The number of likely N-dealkylation sites (tertiary alicyclic amines) is 1. The van der Waals surface area contributed by atoms with Gasteiger partial charge in [0.05, 0.1) is 6.54 Å². The van der Waals surface area contributed by atoms with Crippen LogP contribution in [0.4, 0.5) is 0 Å². The van der Waals surface area contributed by atoms with Crippen LogP contribution in [0, 0.1) is 23.7 Å². The smallest absolute Gasteiger partial charge is 0.228 e. The third-order valence-electron chi connectivity index (χ3n) is 8.00. The van der Waals surface area contributed by atoms with Gasteiger partial charge in [-0.05, 0) is 44.4 Å². The Morgan fingerprint density at radius 1 is 1.10 bits per heavy atom. The minimum absolute atomic E-state index is 0.00708. The first kappa shape index (κ1) is 20.2. The third-order valence-corrected chi connectivity index (χ3v) is 8.00. The minimum atomic E-state index is -0.902. The van der Waals surface area contributed by atoms with Gasteiger partial charge in [-0.25, -0.2) is 9.78 Å². The molecule has 5 aliphatic rings. The number of fused-ring (bicyclic) bond motifs is 3. The molecule has 0 unspecified atom stereocenters. The fourth-order valence-corrected chi connectivity index (χ4v) is 6.41. The van der Waals surface area contributed by atoms with Crippen molar-refractivity contribution in [2.75, 3.05) is 6.54 Å². The molecule has 1 aromatic rings. The molecule has 1 amide bonds. The van der Waals surface area contributed by atoms with E-state index < -0.39 is 17.6 Å². The molecule has 6 nitrogen and oxygen atoms in total. The van der Waals surface area contributed by atoms with Gasteiger partial charge in [0.25, 0.3) is 0 Å². The summed E-state index contributed by atoms with van der Waals surface area (Å²) in [6, 6.07) is 9.14. The highest BCUT2D eigenvalue weighted by atomic mass is 17.3. The second-order valence-electron chi connectivity index (χ2n) is 9.83. The van der Waals surface area contributed by atoms with Gasteiger partial charge in [-0.15, -0.1) is 0 Å². The molecule has 30 heavy (non-hydrogen) atoms. The van der Waals surface area contributed by atoms with Crippen molar-refractivity contribution in [2.45, 2.75) is 70.5 Å². The van der Waals surface area contributed by atoms with E-state index in [9.17, 15) is 9.59 Å². The summed E-state index contributed by atoms with van der Waals surface area (Å²) in [5, 5.41) is 0. The molecule has 0 N–H and O–H groups in total. The van der Waals surface area contributed by atoms with Crippen LogP contribution in [0.5, 0.6) is 0 Å². The molecule has 0 radical (unpaired) electrons. The lowest BCUT2D eigenvalue weighted by molar-refractivity contribution is -0.563. The lowest BCUT2D eigenvalue weighted by Crippen LogP contribution is -2.77. The zero-order valence-corrected chi connectivity index (χ0v) is 18.0. The lowest BCUT2D eigenvalue weighted by atomic mass is 9.56. The van der Waals surface area contributed by atoms with E-state index in [2.05, 4.69) is 6.92 Å². The number of ketones is 1. The summed E-state index contributed by atoms with van der Waals surface area (Å²) >= 11 is 0. The molecule has 1 spiro atoms. The quantitative estimate of drug-likeness (QED) is 0.554. The van der Waals surface area contributed by atoms with Crippen molar-refractivity contribution in [3.05, 3.63) is 35.9 Å². The van der Waals surface area contributed by atoms with Crippen molar-refractivity contribution in [1.29, 1.82) is 0 Å². The number of amides is 1. The maximum Gasteiger partial charge on any atom is 0.228 e. The normalized spacial score (nSPS) is 43.0. The van der Waals surface area contributed by atoms with Gasteiger partial charge in [0.1, 0.15) is 0 Å². The fourth-order valence-electron chi connectivity index (χ4n) is 6.41. The molecule has 1 aromatic carbocycles. The first-order valence-electron chi connectivity index (χ1n) is 11.3. The highest BCUT2D eigenvalue weighted by Gasteiger charge is 2.69. The minimum Gasteiger partial charge on any atom is -0.321 e. The van der Waals surface area contributed by atoms with Crippen LogP contribution in [-0.4, -0.2) is 40.8 Å². The molecule has 0 aromatic heterocycles. The Bertz CT molecular complexity index is 843. The van der Waals surface area contributed by atoms with Crippen molar-refractivity contribution < 1.29 is 24.1 Å². The molecule has 1 saturated carbocycles. The van der Waals surface area contributed by atoms with Crippen molar-refractivity contribution in [3.63, 3.8) is 0 Å². The van der Waals surface area contributed by atoms with Gasteiger partial charge >= 0.3 is 0 Å². The van der Waals surface area contributed by atoms with Crippen LogP contribution >= 0.6 is 0 Å². The summed E-state index contributed by atoms with van der Waals surface area (Å²) in [4.78, 5) is 40.4. The highest BCUT2D eigenvalue weighted by molar-refractivity contribution is 5.99. The Labute approximate surface area is 177 Å². The molecule has 6 rings (SSSR count). The van der Waals surface area contributed by atoms with Gasteiger partial charge in [-0.2, -0.15) is 0 Å². The van der Waals surface area contributed by atoms with Crippen LogP contribution in [0.25, 0.3) is 0 Å². The molecule has 1 aliphatic carbocycles. The second kappa shape index (κ2) is 7.14. The highest BCUT2D eigenvalue weighted by Crippen LogP contribution is 2.59. The summed E-state index contributed by atoms with van der Waals surface area (Å²) in [7, 11) is 0. The van der Waals surface area contributed by atoms with E-state index in [4.69, 9.17) is 14.5 Å². The fraction of sp³-hybridized carbons (Fsp3) is 0.667. The zero-order chi connectivity index (χ0) is 21.1. The first-order valence-corrected chi connectivity index (χ1v) is 11.3. The molecule has 6 heteroatoms. The standard InChI is InChI=1S/C24H31NO5/c1-15-11-12-19-16(2)21(27)25(14-20(26)17-8-5-4-6-9-17)22-24(19)18(15)10-7-13-23(3,28-22)29-30-24/h4-6,8-9,15-16,18-19,22H,7,10-14H2,1-3H3/t15-,16-,18+,19+,22-,23+,24-/m1/s1. The number of Topliss-reactive ketones (excluding diaryl/α,β-unsaturated/α-hetero) is 1. The number of piperidine rings is 1. The summed E-state index contributed by atoms with van der Waals surface area (Å²) in [5.41, 5.74) is -0.118. The van der Waals surface area contributed by atoms with Gasteiger partial charge in [0.15, 0.2) is 17.6 Å². The van der Waals surface area contributed by atoms with Crippen LogP contribution in [0.2, 0.25) is 0 Å². The number of carbonyl (C=O) groups is 2. The molecule has 2 bridgehead atoms. The van der Waals surface area contributed by atoms with Crippen LogP contribution in [0.3, 0.4) is 0 Å². The maximum absolute atomic E-state index is 13.5. The van der Waals surface area contributed by atoms with Gasteiger partial charge < -0.3 is 9.64 Å². The van der Waals surface area contributed by atoms with Crippen molar-refractivity contribution in [3.8, 4) is 0 Å². The van der Waals surface area contributed by atoms with Gasteiger partial charge in [-0.1, -0.05) is 44.2 Å². The monoisotopic (exact) mass is 413 g/mol. The summed E-state index contributed by atoms with van der Waals surface area (Å²) < 4.78 is 6.53. The third kappa shape index (κ3) is 2.88. The van der Waals surface area contributed by atoms with Gasteiger partial charge in [0.2, 0.25) is 11.7 Å². The van der Waals surface area contributed by atoms with Crippen molar-refractivity contribution >= 4 is 11.7 Å². The Kier molecular flexibility index (Phi) is 4.80. The van der Waals surface area contributed by atoms with E-state index in [0.29, 0.717) is 17.9 Å². The largest absolute Gasteiger partial charge is 0.321 e. The summed E-state index contributed by atoms with van der Waals surface area (Å²) in [6.45, 7) is 6.11. The number of carbonyl (C=O) groups excluding carboxylic acids is 2. The molecule has 5 fully saturated rings. The van der Waals surface area contributed by atoms with E-state index in [1.165, 1.54) is 0 Å². The van der Waals surface area contributed by atoms with E-state index >= 15 is 0 Å². The average molecular weight is 414 g/mol. The Balaban J connectivity index is 1.57. The maximum atomic E-state index is 13.5. The Morgan fingerprint density at radius 3 is 2.63 bits per heavy atom. The number of hydrogen-bond donors (Lipinski definition) is 0. The molecule has 162 valence electrons. The molecule has 7 atom stereocenters. The predicted octanol–water partition coefficient (Wildman–Crippen LogP) is 3.95. The van der Waals surface area contributed by atoms with E-state index in [1.54, 1.807) is 17.0 Å². The second-order valence-corrected chi connectivity index (χ2v) is 9.83. The van der Waals surface area contributed by atoms with E-state index in [-0.39, 0.29) is 36.0 Å². The molecule has 4 aliphatic heterocycles. The van der Waals surface area contributed by atoms with Crippen LogP contribution < -0.4 is 0 Å². The molecular formula is C24H31NO5. The predicted molar refractivity (Wildman–Crippen MR) is 109 cm³/mol. The zero-order valence-electron chi connectivity index (χ0n) is 18.0. The average Bonchev–Trinajstić information content (AvgIpc) is 2.73. The molecule has 4 saturated heterocycles. The summed E-state index contributed by atoms with van der Waals surface area (Å²) in [6.07, 6.45) is 4.11. The van der Waals surface area contributed by atoms with Gasteiger partial charge in [-0.3, -0.25) is 9.59 Å². The van der Waals surface area contributed by atoms with Crippen molar-refractivity contribution in [1.82, 2.24) is 4.90 Å². The lowest BCUT2D eigenvalue weighted by Gasteiger charge is -2.64. The van der Waals surface area contributed by atoms with Crippen LogP contribution in [0.15, 0.2) is 30.3 Å². The van der Waals surface area contributed by atoms with Crippen molar-refractivity contribution in [2.24, 2.45) is 23.7 Å². The van der Waals surface area contributed by atoms with Crippen LogP contribution in [-0.2, 0) is 19.3 Å².